The van der Waals surface area contributed by atoms with Gasteiger partial charge in [-0.25, -0.2) is 0 Å². The first-order valence-electron chi connectivity index (χ1n) is 6.81. The number of rotatable bonds is 3. The summed E-state index contributed by atoms with van der Waals surface area (Å²) >= 11 is 0. The molecular formula is C16H40. The van der Waals surface area contributed by atoms with E-state index in [2.05, 4.69) is 62.3 Å². The highest BCUT2D eigenvalue weighted by Gasteiger charge is 1.95. The third-order valence-corrected chi connectivity index (χ3v) is 1.76. The average molecular weight is 232 g/mol. The summed E-state index contributed by atoms with van der Waals surface area (Å²) in [5, 5.41) is 0. The second kappa shape index (κ2) is 20.4. The lowest BCUT2D eigenvalue weighted by atomic mass is 10.0. The van der Waals surface area contributed by atoms with Crippen molar-refractivity contribution in [3.63, 3.8) is 0 Å². The summed E-state index contributed by atoms with van der Waals surface area (Å²) in [6.45, 7) is 19.9. The van der Waals surface area contributed by atoms with Crippen molar-refractivity contribution in [3.8, 4) is 0 Å². The monoisotopic (exact) mass is 232 g/mol. The van der Waals surface area contributed by atoms with Crippen molar-refractivity contribution in [2.45, 2.75) is 89.0 Å². The molecule has 0 amide bonds. The molecule has 0 aromatic rings. The molecule has 104 valence electrons. The van der Waals surface area contributed by atoms with Gasteiger partial charge in [-0.15, -0.1) is 0 Å². The van der Waals surface area contributed by atoms with Crippen LogP contribution in [0.5, 0.6) is 0 Å². The smallest absolute Gasteiger partial charge is 0.0469 e. The van der Waals surface area contributed by atoms with Gasteiger partial charge in [-0.3, -0.25) is 0 Å². The summed E-state index contributed by atoms with van der Waals surface area (Å²) < 4.78 is 0. The Labute approximate surface area is 107 Å². The highest BCUT2D eigenvalue weighted by atomic mass is 14.0. The molecule has 0 heterocycles. The molecule has 0 aliphatic rings. The van der Waals surface area contributed by atoms with Crippen LogP contribution >= 0.6 is 0 Å². The lowest BCUT2D eigenvalue weighted by Gasteiger charge is -2.05. The van der Waals surface area contributed by atoms with E-state index >= 15 is 0 Å². The first-order valence-corrected chi connectivity index (χ1v) is 6.81. The second-order valence-electron chi connectivity index (χ2n) is 5.53. The van der Waals surface area contributed by atoms with Crippen LogP contribution in [0.25, 0.3) is 0 Å². The molecule has 0 aliphatic heterocycles. The Hall–Kier alpha value is 0. The van der Waals surface area contributed by atoms with Crippen molar-refractivity contribution in [2.75, 3.05) is 0 Å². The molecule has 0 saturated carbocycles. The van der Waals surface area contributed by atoms with Crippen LogP contribution in [0.3, 0.4) is 0 Å². The Kier molecular flexibility index (Phi) is 31.9. The molecule has 0 spiro atoms. The van der Waals surface area contributed by atoms with Gasteiger partial charge in [0.15, 0.2) is 0 Å². The van der Waals surface area contributed by atoms with Gasteiger partial charge in [-0.2, -0.15) is 0 Å². The maximum atomic E-state index is 2.26. The summed E-state index contributed by atoms with van der Waals surface area (Å²) in [7, 11) is 0. The van der Waals surface area contributed by atoms with E-state index in [0.29, 0.717) is 0 Å². The van der Waals surface area contributed by atoms with E-state index in [1.165, 1.54) is 19.3 Å². The minimum Gasteiger partial charge on any atom is -0.0776 e. The van der Waals surface area contributed by atoms with Crippen LogP contribution in [-0.4, -0.2) is 0 Å². The molecule has 0 aromatic carbocycles. The maximum absolute atomic E-state index is 2.26. The topological polar surface area (TPSA) is 0 Å². The van der Waals surface area contributed by atoms with Crippen molar-refractivity contribution >= 4 is 0 Å². The quantitative estimate of drug-likeness (QED) is 0.502. The molecule has 0 bridgehead atoms. The Morgan fingerprint density at radius 1 is 0.625 bits per heavy atom. The van der Waals surface area contributed by atoms with Crippen molar-refractivity contribution in [1.29, 1.82) is 0 Å². The highest BCUT2D eigenvalue weighted by molar-refractivity contribution is 4.47. The van der Waals surface area contributed by atoms with Gasteiger partial charge in [-0.05, 0) is 24.2 Å². The fraction of sp³-hybridized carbons (Fsp3) is 1.00. The first-order chi connectivity index (χ1) is 6.81. The third kappa shape index (κ3) is 65.7. The van der Waals surface area contributed by atoms with Crippen LogP contribution in [0.1, 0.15) is 89.0 Å². The largest absolute Gasteiger partial charge is 0.0776 e. The Balaban J connectivity index is -0.0000000710. The zero-order valence-corrected chi connectivity index (χ0v) is 12.9. The van der Waals surface area contributed by atoms with Gasteiger partial charge in [-0.1, -0.05) is 82.6 Å². The van der Waals surface area contributed by atoms with Gasteiger partial charge in [0.2, 0.25) is 0 Å². The molecule has 0 radical (unpaired) electrons. The third-order valence-electron chi connectivity index (χ3n) is 1.76. The van der Waals surface area contributed by atoms with Crippen LogP contribution in [0, 0.1) is 17.8 Å². The minimum absolute atomic E-state index is 0. The highest BCUT2D eigenvalue weighted by Crippen LogP contribution is 2.08. The van der Waals surface area contributed by atoms with Crippen LogP contribution in [-0.2, 0) is 0 Å². The van der Waals surface area contributed by atoms with Gasteiger partial charge in [0.05, 0.1) is 0 Å². The van der Waals surface area contributed by atoms with Crippen LogP contribution in [0.4, 0.5) is 0 Å². The van der Waals surface area contributed by atoms with Gasteiger partial charge in [0.25, 0.3) is 0 Å². The summed E-state index contributed by atoms with van der Waals surface area (Å²) in [6, 6.07) is 0. The Morgan fingerprint density at radius 2 is 0.812 bits per heavy atom. The number of hydrogen-bond donors (Lipinski definition) is 0. The molecule has 0 atom stereocenters. The molecule has 0 heteroatoms. The second-order valence-corrected chi connectivity index (χ2v) is 5.53. The zero-order chi connectivity index (χ0) is 12.9. The molecular weight excluding hydrogens is 192 g/mol. The van der Waals surface area contributed by atoms with E-state index in [9.17, 15) is 0 Å². The number of hydrogen-bond acceptors (Lipinski definition) is 0. The standard InChI is InChI=1S/C7H16.C5H12.C3H8.CH4/c1-6(2)5-7(3)4;1-4-5(2)3;1-3-2;/h6-7H,5H2,1-4H3;5H,4H2,1-3H3;3H2,1-2H3;1H4. The van der Waals surface area contributed by atoms with Crippen molar-refractivity contribution in [3.05, 3.63) is 0 Å². The van der Waals surface area contributed by atoms with Crippen molar-refractivity contribution < 1.29 is 0 Å². The van der Waals surface area contributed by atoms with E-state index in [-0.39, 0.29) is 7.43 Å². The summed E-state index contributed by atoms with van der Waals surface area (Å²) in [4.78, 5) is 0. The SMILES string of the molecule is C.CC(C)CC(C)C.CCC.CCC(C)C. The Bertz CT molecular complexity index is 74.0. The van der Waals surface area contributed by atoms with Crippen LogP contribution in [0.15, 0.2) is 0 Å². The molecule has 0 saturated heterocycles. The molecule has 0 fully saturated rings. The fourth-order valence-corrected chi connectivity index (χ4v) is 0.943. The van der Waals surface area contributed by atoms with Crippen molar-refractivity contribution in [1.82, 2.24) is 0 Å². The molecule has 0 aliphatic carbocycles. The van der Waals surface area contributed by atoms with E-state index < -0.39 is 0 Å². The minimum atomic E-state index is 0. The molecule has 0 N–H and O–H groups in total. The van der Waals surface area contributed by atoms with E-state index in [1.54, 1.807) is 0 Å². The van der Waals surface area contributed by atoms with Crippen LogP contribution < -0.4 is 0 Å². The van der Waals surface area contributed by atoms with E-state index in [0.717, 1.165) is 17.8 Å². The van der Waals surface area contributed by atoms with Gasteiger partial charge in [0.1, 0.15) is 0 Å². The summed E-state index contributed by atoms with van der Waals surface area (Å²) in [5.74, 6) is 2.63. The van der Waals surface area contributed by atoms with Crippen LogP contribution in [0.2, 0.25) is 0 Å². The summed E-state index contributed by atoms with van der Waals surface area (Å²) in [6.07, 6.45) is 3.92. The Morgan fingerprint density at radius 3 is 0.812 bits per heavy atom. The first kappa shape index (κ1) is 25.0. The van der Waals surface area contributed by atoms with E-state index in [1.807, 2.05) is 0 Å². The van der Waals surface area contributed by atoms with Gasteiger partial charge < -0.3 is 0 Å². The average Bonchev–Trinajstić information content (AvgIpc) is 2.04. The fourth-order valence-electron chi connectivity index (χ4n) is 0.943. The normalized spacial score (nSPS) is 9.00. The molecule has 0 nitrogen and oxygen atoms in total. The van der Waals surface area contributed by atoms with Gasteiger partial charge in [0, 0.05) is 0 Å². The van der Waals surface area contributed by atoms with Gasteiger partial charge >= 0.3 is 0 Å². The lowest BCUT2D eigenvalue weighted by Crippen LogP contribution is -1.93. The lowest BCUT2D eigenvalue weighted by molar-refractivity contribution is 0.469. The molecule has 0 rings (SSSR count). The van der Waals surface area contributed by atoms with E-state index in [4.69, 9.17) is 0 Å². The zero-order valence-electron chi connectivity index (χ0n) is 12.9. The molecule has 16 heavy (non-hydrogen) atoms. The summed E-state index contributed by atoms with van der Waals surface area (Å²) in [5.41, 5.74) is 0. The predicted molar refractivity (Wildman–Crippen MR) is 82.1 cm³/mol. The molecule has 0 unspecified atom stereocenters. The predicted octanol–water partition coefficient (Wildman–Crippen LogP) is 6.79. The van der Waals surface area contributed by atoms with Crippen molar-refractivity contribution in [2.24, 2.45) is 17.8 Å². The maximum Gasteiger partial charge on any atom is -0.0469 e. The molecule has 0 aromatic heterocycles.